The summed E-state index contributed by atoms with van der Waals surface area (Å²) in [6, 6.07) is 0. The number of ketones is 1. The van der Waals surface area contributed by atoms with E-state index in [-0.39, 0.29) is 49.8 Å². The van der Waals surface area contributed by atoms with Gasteiger partial charge in [-0.05, 0) is 42.6 Å². The summed E-state index contributed by atoms with van der Waals surface area (Å²) in [5.41, 5.74) is -2.21. The van der Waals surface area contributed by atoms with Crippen LogP contribution in [0.3, 0.4) is 0 Å². The maximum absolute atomic E-state index is 14.2. The highest BCUT2D eigenvalue weighted by Crippen LogP contribution is 2.68. The van der Waals surface area contributed by atoms with Gasteiger partial charge in [-0.25, -0.2) is 4.79 Å². The Morgan fingerprint density at radius 1 is 1.13 bits per heavy atom. The van der Waals surface area contributed by atoms with Crippen LogP contribution in [0.5, 0.6) is 0 Å². The Bertz CT molecular complexity index is 1070. The Morgan fingerprint density at radius 3 is 2.36 bits per heavy atom. The molecule has 0 N–H and O–H groups in total. The van der Waals surface area contributed by atoms with Crippen LogP contribution < -0.4 is 0 Å². The van der Waals surface area contributed by atoms with E-state index in [2.05, 4.69) is 0 Å². The lowest BCUT2D eigenvalue weighted by Gasteiger charge is -2.62. The van der Waals surface area contributed by atoms with E-state index in [4.69, 9.17) is 23.7 Å². The predicted molar refractivity (Wildman–Crippen MR) is 136 cm³/mol. The molecule has 1 unspecified atom stereocenters. The lowest BCUT2D eigenvalue weighted by atomic mass is 9.42. The van der Waals surface area contributed by atoms with Crippen molar-refractivity contribution >= 4 is 29.7 Å². The summed E-state index contributed by atoms with van der Waals surface area (Å²) in [5.74, 6) is -3.19. The first-order valence-corrected chi connectivity index (χ1v) is 13.8. The SMILES string of the molecule is CC[C@H](C)C(=O)OC1CC(=O)[C@@H]2[C@@](C)(CCC3=CC(=O)OC3)[C@H](C)C[C@H](OC(C)=O)[C@@]2(COC(C)=O)[C@@]12CO2. The van der Waals surface area contributed by atoms with Gasteiger partial charge in [-0.15, -0.1) is 0 Å². The van der Waals surface area contributed by atoms with Crippen molar-refractivity contribution in [3.8, 4) is 0 Å². The van der Waals surface area contributed by atoms with Crippen molar-refractivity contribution in [2.24, 2.45) is 28.6 Å². The van der Waals surface area contributed by atoms with Crippen LogP contribution >= 0.6 is 0 Å². The van der Waals surface area contributed by atoms with E-state index in [0.717, 1.165) is 5.57 Å². The van der Waals surface area contributed by atoms with Gasteiger partial charge in [-0.3, -0.25) is 19.2 Å². The maximum Gasteiger partial charge on any atom is 0.331 e. The van der Waals surface area contributed by atoms with Crippen LogP contribution in [-0.2, 0) is 47.7 Å². The summed E-state index contributed by atoms with van der Waals surface area (Å²) in [7, 11) is 0. The molecule has 0 bridgehead atoms. The molecule has 2 aliphatic heterocycles. The van der Waals surface area contributed by atoms with Crippen LogP contribution in [0.1, 0.15) is 73.6 Å². The van der Waals surface area contributed by atoms with Gasteiger partial charge >= 0.3 is 23.9 Å². The molecular weight excluding hydrogens is 508 g/mol. The Kier molecular flexibility index (Phi) is 8.00. The highest BCUT2D eigenvalue weighted by molar-refractivity contribution is 5.87. The molecule has 2 aliphatic carbocycles. The van der Waals surface area contributed by atoms with Gasteiger partial charge in [0, 0.05) is 32.3 Å². The molecule has 0 aromatic heterocycles. The minimum absolute atomic E-state index is 0.0476. The van der Waals surface area contributed by atoms with Crippen LogP contribution in [0.4, 0.5) is 0 Å². The zero-order valence-corrected chi connectivity index (χ0v) is 23.7. The van der Waals surface area contributed by atoms with Crippen molar-refractivity contribution in [2.45, 2.75) is 91.5 Å². The van der Waals surface area contributed by atoms with E-state index in [1.807, 2.05) is 20.8 Å². The van der Waals surface area contributed by atoms with E-state index in [1.54, 1.807) is 6.92 Å². The molecule has 0 amide bonds. The van der Waals surface area contributed by atoms with E-state index in [1.165, 1.54) is 19.9 Å². The minimum atomic E-state index is -1.27. The summed E-state index contributed by atoms with van der Waals surface area (Å²) >= 11 is 0. The van der Waals surface area contributed by atoms with Crippen LogP contribution in [-0.4, -0.2) is 67.3 Å². The predicted octanol–water partition coefficient (Wildman–Crippen LogP) is 3.09. The summed E-state index contributed by atoms with van der Waals surface area (Å²) in [5, 5.41) is 0. The standard InChI is InChI=1S/C29H40O10/c1-7-16(2)26(34)39-23-12-21(32)25-27(6,9-8-20-11-24(33)35-13-20)17(3)10-22(38-19(5)31)28(25,14-36-18(4)30)29(23)15-37-29/h11,16-17,22-23,25H,7-10,12-15H2,1-6H3/t16-,17+,22-,23?,25+,27-,28+,29+/m0/s1. The van der Waals surface area contributed by atoms with E-state index in [0.29, 0.717) is 25.7 Å². The lowest BCUT2D eigenvalue weighted by Crippen LogP contribution is -2.73. The van der Waals surface area contributed by atoms with E-state index >= 15 is 0 Å². The Labute approximate surface area is 229 Å². The van der Waals surface area contributed by atoms with Gasteiger partial charge in [0.2, 0.25) is 0 Å². The molecule has 8 atom stereocenters. The fraction of sp³-hybridized carbons (Fsp3) is 0.759. The number of carbonyl (C=O) groups is 5. The van der Waals surface area contributed by atoms with Gasteiger partial charge in [0.05, 0.1) is 17.9 Å². The molecule has 0 aromatic rings. The van der Waals surface area contributed by atoms with E-state index in [9.17, 15) is 24.0 Å². The van der Waals surface area contributed by atoms with Gasteiger partial charge in [-0.2, -0.15) is 0 Å². The van der Waals surface area contributed by atoms with Crippen molar-refractivity contribution in [3.63, 3.8) is 0 Å². The number of rotatable bonds is 9. The highest BCUT2D eigenvalue weighted by Gasteiger charge is 2.81. The highest BCUT2D eigenvalue weighted by atomic mass is 16.6. The third-order valence-electron chi connectivity index (χ3n) is 9.72. The van der Waals surface area contributed by atoms with Crippen LogP contribution in [0, 0.1) is 28.6 Å². The van der Waals surface area contributed by atoms with Gasteiger partial charge < -0.3 is 23.7 Å². The zero-order valence-electron chi connectivity index (χ0n) is 23.7. The first-order chi connectivity index (χ1) is 18.3. The smallest absolute Gasteiger partial charge is 0.331 e. The number of Topliss-reactive ketones (excluding diaryl/α,β-unsaturated/α-hetero) is 1. The summed E-state index contributed by atoms with van der Waals surface area (Å²) in [6.07, 6.45) is 1.78. The average molecular weight is 549 g/mol. The third kappa shape index (κ3) is 5.00. The van der Waals surface area contributed by atoms with Crippen molar-refractivity contribution in [1.29, 1.82) is 0 Å². The van der Waals surface area contributed by atoms with Crippen molar-refractivity contribution in [1.82, 2.24) is 0 Å². The molecule has 2 saturated carbocycles. The van der Waals surface area contributed by atoms with Crippen molar-refractivity contribution in [3.05, 3.63) is 11.6 Å². The molecule has 4 rings (SSSR count). The molecule has 0 aromatic carbocycles. The number of hydrogen-bond acceptors (Lipinski definition) is 10. The number of fused-ring (bicyclic) bond motifs is 2. The van der Waals surface area contributed by atoms with Crippen LogP contribution in [0.2, 0.25) is 0 Å². The number of ether oxygens (including phenoxy) is 5. The molecule has 1 saturated heterocycles. The molecule has 0 radical (unpaired) electrons. The Hall–Kier alpha value is -2.75. The molecule has 3 fully saturated rings. The quantitative estimate of drug-likeness (QED) is 0.240. The van der Waals surface area contributed by atoms with E-state index < -0.39 is 52.5 Å². The van der Waals surface area contributed by atoms with Gasteiger partial charge in [-0.1, -0.05) is 27.7 Å². The molecular formula is C29H40O10. The Morgan fingerprint density at radius 2 is 1.82 bits per heavy atom. The second-order valence-corrected chi connectivity index (χ2v) is 12.0. The zero-order chi connectivity index (χ0) is 28.8. The molecule has 216 valence electrons. The number of epoxide rings is 1. The second kappa shape index (κ2) is 10.7. The first-order valence-electron chi connectivity index (χ1n) is 13.8. The molecule has 39 heavy (non-hydrogen) atoms. The molecule has 4 aliphatic rings. The number of cyclic esters (lactones) is 1. The van der Waals surface area contributed by atoms with Gasteiger partial charge in [0.15, 0.2) is 0 Å². The molecule has 10 nitrogen and oxygen atoms in total. The number of carbonyl (C=O) groups excluding carboxylic acids is 5. The third-order valence-corrected chi connectivity index (χ3v) is 9.72. The van der Waals surface area contributed by atoms with Crippen molar-refractivity contribution < 1.29 is 47.7 Å². The maximum atomic E-state index is 14.2. The molecule has 10 heteroatoms. The van der Waals surface area contributed by atoms with Gasteiger partial charge in [0.1, 0.15) is 36.8 Å². The lowest BCUT2D eigenvalue weighted by molar-refractivity contribution is -0.242. The average Bonchev–Trinajstić information content (AvgIpc) is 3.56. The van der Waals surface area contributed by atoms with Crippen molar-refractivity contribution in [2.75, 3.05) is 19.8 Å². The number of esters is 4. The monoisotopic (exact) mass is 548 g/mol. The van der Waals surface area contributed by atoms with Crippen LogP contribution in [0.25, 0.3) is 0 Å². The fourth-order valence-electron chi connectivity index (χ4n) is 7.14. The molecule has 1 spiro atoms. The largest absolute Gasteiger partial charge is 0.465 e. The molecule has 2 heterocycles. The Balaban J connectivity index is 1.82. The topological polar surface area (TPSA) is 135 Å². The summed E-state index contributed by atoms with van der Waals surface area (Å²) < 4.78 is 28.7. The van der Waals surface area contributed by atoms with Gasteiger partial charge in [0.25, 0.3) is 0 Å². The minimum Gasteiger partial charge on any atom is -0.465 e. The summed E-state index contributed by atoms with van der Waals surface area (Å²) in [6.45, 7) is 10.5. The first kappa shape index (κ1) is 29.2. The normalized spacial score (nSPS) is 37.8. The van der Waals surface area contributed by atoms with Crippen LogP contribution in [0.15, 0.2) is 11.6 Å². The second-order valence-electron chi connectivity index (χ2n) is 12.0. The number of hydrogen-bond donors (Lipinski definition) is 0. The summed E-state index contributed by atoms with van der Waals surface area (Å²) in [4.78, 5) is 63.3. The fourth-order valence-corrected chi connectivity index (χ4v) is 7.14.